The summed E-state index contributed by atoms with van der Waals surface area (Å²) in [4.78, 5) is 12.0. The number of hydrogen-bond acceptors (Lipinski definition) is 2. The number of anilines is 2. The summed E-state index contributed by atoms with van der Waals surface area (Å²) >= 11 is 5.99. The first-order valence-corrected chi connectivity index (χ1v) is 5.97. The number of nitrogen functional groups attached to an aromatic ring is 1. The molecule has 0 radical (unpaired) electrons. The van der Waals surface area contributed by atoms with Crippen molar-refractivity contribution < 1.29 is 9.18 Å². The van der Waals surface area contributed by atoms with E-state index in [-0.39, 0.29) is 5.69 Å². The van der Waals surface area contributed by atoms with Gasteiger partial charge in [-0.2, -0.15) is 0 Å². The smallest absolute Gasteiger partial charge is 0.257 e. The standard InChI is InChI=1S/C14H12ClFN2O/c1-8-2-4-10(11(15)6-8)14(19)18-9-3-5-13(17)12(16)7-9/h2-7H,17H2,1H3,(H,18,19). The molecular weight excluding hydrogens is 267 g/mol. The van der Waals surface area contributed by atoms with Crippen LogP contribution in [-0.4, -0.2) is 5.91 Å². The quantitative estimate of drug-likeness (QED) is 0.824. The second kappa shape index (κ2) is 5.28. The van der Waals surface area contributed by atoms with E-state index in [0.717, 1.165) is 11.6 Å². The van der Waals surface area contributed by atoms with Crippen LogP contribution < -0.4 is 11.1 Å². The fraction of sp³-hybridized carbons (Fsp3) is 0.0714. The summed E-state index contributed by atoms with van der Waals surface area (Å²) in [5, 5.41) is 2.92. The molecule has 0 saturated heterocycles. The first kappa shape index (κ1) is 13.4. The van der Waals surface area contributed by atoms with Gasteiger partial charge in [0, 0.05) is 5.69 Å². The van der Waals surface area contributed by atoms with Crippen LogP contribution in [0.5, 0.6) is 0 Å². The number of benzene rings is 2. The van der Waals surface area contributed by atoms with Gasteiger partial charge in [0.2, 0.25) is 0 Å². The summed E-state index contributed by atoms with van der Waals surface area (Å²) < 4.78 is 13.3. The van der Waals surface area contributed by atoms with Crippen molar-refractivity contribution in [3.63, 3.8) is 0 Å². The van der Waals surface area contributed by atoms with Gasteiger partial charge in [-0.25, -0.2) is 4.39 Å². The maximum absolute atomic E-state index is 13.3. The number of rotatable bonds is 2. The van der Waals surface area contributed by atoms with Crippen molar-refractivity contribution in [1.82, 2.24) is 0 Å². The predicted molar refractivity (Wildman–Crippen MR) is 75.0 cm³/mol. The second-order valence-electron chi connectivity index (χ2n) is 4.17. The monoisotopic (exact) mass is 278 g/mol. The zero-order valence-corrected chi connectivity index (χ0v) is 11.0. The van der Waals surface area contributed by atoms with Gasteiger partial charge in [-0.05, 0) is 42.8 Å². The molecule has 3 N–H and O–H groups in total. The van der Waals surface area contributed by atoms with Gasteiger partial charge >= 0.3 is 0 Å². The average Bonchev–Trinajstić information content (AvgIpc) is 2.33. The van der Waals surface area contributed by atoms with E-state index in [2.05, 4.69) is 5.32 Å². The average molecular weight is 279 g/mol. The third-order valence-electron chi connectivity index (χ3n) is 2.63. The lowest BCUT2D eigenvalue weighted by molar-refractivity contribution is 0.102. The van der Waals surface area contributed by atoms with Crippen LogP contribution in [0.1, 0.15) is 15.9 Å². The molecule has 0 atom stereocenters. The Morgan fingerprint density at radius 2 is 2.00 bits per heavy atom. The van der Waals surface area contributed by atoms with Gasteiger partial charge < -0.3 is 11.1 Å². The van der Waals surface area contributed by atoms with Gasteiger partial charge in [0.05, 0.1) is 16.3 Å². The molecule has 0 aromatic heterocycles. The van der Waals surface area contributed by atoms with Crippen molar-refractivity contribution >= 4 is 28.9 Å². The molecule has 98 valence electrons. The van der Waals surface area contributed by atoms with Crippen molar-refractivity contribution in [1.29, 1.82) is 0 Å². The summed E-state index contributed by atoms with van der Waals surface area (Å²) in [6, 6.07) is 9.18. The van der Waals surface area contributed by atoms with Crippen LogP contribution in [0, 0.1) is 12.7 Å². The molecule has 0 spiro atoms. The number of carbonyl (C=O) groups excluding carboxylic acids is 1. The van der Waals surface area contributed by atoms with Crippen LogP contribution in [0.2, 0.25) is 5.02 Å². The normalized spacial score (nSPS) is 10.3. The predicted octanol–water partition coefficient (Wildman–Crippen LogP) is 3.62. The Balaban J connectivity index is 2.23. The summed E-state index contributed by atoms with van der Waals surface area (Å²) in [6.45, 7) is 1.88. The van der Waals surface area contributed by atoms with Crippen molar-refractivity contribution in [2.75, 3.05) is 11.1 Å². The molecule has 2 aromatic rings. The van der Waals surface area contributed by atoms with Gasteiger partial charge in [-0.3, -0.25) is 4.79 Å². The Labute approximate surface area is 115 Å². The highest BCUT2D eigenvalue weighted by molar-refractivity contribution is 6.34. The Morgan fingerprint density at radius 3 is 2.63 bits per heavy atom. The molecule has 3 nitrogen and oxygen atoms in total. The number of halogens is 2. The SMILES string of the molecule is Cc1ccc(C(=O)Nc2ccc(N)c(F)c2)c(Cl)c1. The molecule has 0 heterocycles. The molecule has 2 aromatic carbocycles. The van der Waals surface area contributed by atoms with Crippen molar-refractivity contribution in [2.45, 2.75) is 6.92 Å². The van der Waals surface area contributed by atoms with Gasteiger partial charge in [0.25, 0.3) is 5.91 Å². The van der Waals surface area contributed by atoms with E-state index in [4.69, 9.17) is 17.3 Å². The first-order chi connectivity index (χ1) is 8.97. The molecular formula is C14H12ClFN2O. The maximum Gasteiger partial charge on any atom is 0.257 e. The van der Waals surface area contributed by atoms with E-state index < -0.39 is 11.7 Å². The van der Waals surface area contributed by atoms with Crippen molar-refractivity contribution in [3.8, 4) is 0 Å². The molecule has 19 heavy (non-hydrogen) atoms. The maximum atomic E-state index is 13.3. The van der Waals surface area contributed by atoms with Crippen LogP contribution in [0.25, 0.3) is 0 Å². The van der Waals surface area contributed by atoms with Crippen LogP contribution in [-0.2, 0) is 0 Å². The number of aryl methyl sites for hydroxylation is 1. The molecule has 1 amide bonds. The van der Waals surface area contributed by atoms with Gasteiger partial charge in [-0.1, -0.05) is 17.7 Å². The van der Waals surface area contributed by atoms with Crippen LogP contribution >= 0.6 is 11.6 Å². The lowest BCUT2D eigenvalue weighted by atomic mass is 10.1. The molecule has 0 unspecified atom stereocenters. The number of hydrogen-bond donors (Lipinski definition) is 2. The highest BCUT2D eigenvalue weighted by Crippen LogP contribution is 2.20. The fourth-order valence-electron chi connectivity index (χ4n) is 1.61. The van der Waals surface area contributed by atoms with E-state index in [0.29, 0.717) is 16.3 Å². The van der Waals surface area contributed by atoms with Gasteiger partial charge in [-0.15, -0.1) is 0 Å². The lowest BCUT2D eigenvalue weighted by Crippen LogP contribution is -2.12. The topological polar surface area (TPSA) is 55.1 Å². The second-order valence-corrected chi connectivity index (χ2v) is 4.58. The van der Waals surface area contributed by atoms with Crippen LogP contribution in [0.4, 0.5) is 15.8 Å². The van der Waals surface area contributed by atoms with Gasteiger partial charge in [0.15, 0.2) is 0 Å². The van der Waals surface area contributed by atoms with E-state index in [9.17, 15) is 9.18 Å². The molecule has 5 heteroatoms. The Kier molecular flexibility index (Phi) is 3.71. The number of nitrogens with one attached hydrogen (secondary N) is 1. The third-order valence-corrected chi connectivity index (χ3v) is 2.94. The van der Waals surface area contributed by atoms with E-state index in [1.165, 1.54) is 12.1 Å². The zero-order chi connectivity index (χ0) is 14.0. The summed E-state index contributed by atoms with van der Waals surface area (Å²) in [5.41, 5.74) is 7.02. The number of carbonyl (C=O) groups is 1. The van der Waals surface area contributed by atoms with Gasteiger partial charge in [0.1, 0.15) is 5.82 Å². The molecule has 0 aliphatic heterocycles. The van der Waals surface area contributed by atoms with Crippen molar-refractivity contribution in [2.24, 2.45) is 0 Å². The summed E-state index contributed by atoms with van der Waals surface area (Å²) in [7, 11) is 0. The lowest BCUT2D eigenvalue weighted by Gasteiger charge is -2.08. The van der Waals surface area contributed by atoms with E-state index in [1.54, 1.807) is 18.2 Å². The first-order valence-electron chi connectivity index (χ1n) is 5.60. The Bertz CT molecular complexity index is 643. The fourth-order valence-corrected chi connectivity index (χ4v) is 1.93. The molecule has 0 aliphatic rings. The van der Waals surface area contributed by atoms with Crippen LogP contribution in [0.3, 0.4) is 0 Å². The molecule has 0 fully saturated rings. The molecule has 0 saturated carbocycles. The van der Waals surface area contributed by atoms with E-state index >= 15 is 0 Å². The summed E-state index contributed by atoms with van der Waals surface area (Å²) in [6.07, 6.45) is 0. The van der Waals surface area contributed by atoms with Crippen LogP contribution in [0.15, 0.2) is 36.4 Å². The minimum atomic E-state index is -0.576. The number of nitrogens with two attached hydrogens (primary N) is 1. The van der Waals surface area contributed by atoms with E-state index in [1.807, 2.05) is 6.92 Å². The minimum absolute atomic E-state index is 0.0337. The summed E-state index contributed by atoms with van der Waals surface area (Å²) in [5.74, 6) is -0.970. The third kappa shape index (κ3) is 3.03. The molecule has 2 rings (SSSR count). The minimum Gasteiger partial charge on any atom is -0.396 e. The molecule has 0 aliphatic carbocycles. The van der Waals surface area contributed by atoms with Crippen molar-refractivity contribution in [3.05, 3.63) is 58.4 Å². The largest absolute Gasteiger partial charge is 0.396 e. The Morgan fingerprint density at radius 1 is 1.26 bits per heavy atom. The zero-order valence-electron chi connectivity index (χ0n) is 10.2. The Hall–Kier alpha value is -2.07. The number of amides is 1. The highest BCUT2D eigenvalue weighted by Gasteiger charge is 2.11. The highest BCUT2D eigenvalue weighted by atomic mass is 35.5. The molecule has 0 bridgehead atoms.